The molecule has 116 valence electrons. The summed E-state index contributed by atoms with van der Waals surface area (Å²) in [7, 11) is 0. The van der Waals surface area contributed by atoms with Crippen LogP contribution in [-0.4, -0.2) is 17.2 Å². The summed E-state index contributed by atoms with van der Waals surface area (Å²) in [6, 6.07) is 9.65. The molecule has 23 heavy (non-hydrogen) atoms. The van der Waals surface area contributed by atoms with E-state index < -0.39 is 0 Å². The summed E-state index contributed by atoms with van der Waals surface area (Å²) in [6.45, 7) is 1.38. The summed E-state index contributed by atoms with van der Waals surface area (Å²) >= 11 is 1.50. The summed E-state index contributed by atoms with van der Waals surface area (Å²) < 4.78 is 5.08. The molecule has 1 aliphatic rings. The lowest BCUT2D eigenvalue weighted by Gasteiger charge is -2.14. The van der Waals surface area contributed by atoms with E-state index in [4.69, 9.17) is 4.74 Å². The van der Waals surface area contributed by atoms with E-state index in [1.807, 2.05) is 18.4 Å². The number of ether oxygens (including phenoxy) is 1. The SMILES string of the molecule is CSc1nc2c(c(-c3ccc(OC(C)=O)cc3)c1C#N)CCC2. The van der Waals surface area contributed by atoms with E-state index in [-0.39, 0.29) is 5.97 Å². The molecule has 0 N–H and O–H groups in total. The van der Waals surface area contributed by atoms with Crippen molar-refractivity contribution >= 4 is 17.7 Å². The Kier molecular flexibility index (Phi) is 4.35. The highest BCUT2D eigenvalue weighted by Crippen LogP contribution is 2.38. The molecule has 0 radical (unpaired) electrons. The Morgan fingerprint density at radius 1 is 1.30 bits per heavy atom. The zero-order valence-corrected chi connectivity index (χ0v) is 13.9. The zero-order chi connectivity index (χ0) is 16.4. The summed E-state index contributed by atoms with van der Waals surface area (Å²) in [5.74, 6) is 0.167. The Balaban J connectivity index is 2.14. The molecule has 3 rings (SSSR count). The molecule has 1 aliphatic carbocycles. The molecule has 5 heteroatoms. The van der Waals surface area contributed by atoms with Crippen LogP contribution in [0.1, 0.15) is 30.2 Å². The highest BCUT2D eigenvalue weighted by atomic mass is 32.2. The zero-order valence-electron chi connectivity index (χ0n) is 13.0. The van der Waals surface area contributed by atoms with Crippen LogP contribution in [0.15, 0.2) is 29.3 Å². The van der Waals surface area contributed by atoms with E-state index in [9.17, 15) is 10.1 Å². The minimum atomic E-state index is -0.343. The Hall–Kier alpha value is -2.32. The molecule has 1 aromatic heterocycles. The van der Waals surface area contributed by atoms with Gasteiger partial charge in [0.25, 0.3) is 0 Å². The molecule has 0 spiro atoms. The molecule has 0 fully saturated rings. The highest BCUT2D eigenvalue weighted by molar-refractivity contribution is 7.98. The minimum absolute atomic E-state index is 0.343. The molecule has 1 aromatic carbocycles. The van der Waals surface area contributed by atoms with Crippen LogP contribution in [0.4, 0.5) is 0 Å². The predicted molar refractivity (Wildman–Crippen MR) is 89.5 cm³/mol. The van der Waals surface area contributed by atoms with Crippen LogP contribution in [0.5, 0.6) is 5.75 Å². The van der Waals surface area contributed by atoms with E-state index in [1.165, 1.54) is 24.2 Å². The van der Waals surface area contributed by atoms with E-state index in [1.54, 1.807) is 12.1 Å². The van der Waals surface area contributed by atoms with Crippen LogP contribution in [0.3, 0.4) is 0 Å². The third-order valence-corrected chi connectivity index (χ3v) is 4.58. The number of hydrogen-bond donors (Lipinski definition) is 0. The van der Waals surface area contributed by atoms with E-state index >= 15 is 0 Å². The predicted octanol–water partition coefficient (Wildman–Crippen LogP) is 3.76. The van der Waals surface area contributed by atoms with Crippen molar-refractivity contribution < 1.29 is 9.53 Å². The van der Waals surface area contributed by atoms with Crippen LogP contribution >= 0.6 is 11.8 Å². The monoisotopic (exact) mass is 324 g/mol. The van der Waals surface area contributed by atoms with Crippen molar-refractivity contribution in [1.82, 2.24) is 4.98 Å². The number of carbonyl (C=O) groups is 1. The van der Waals surface area contributed by atoms with Crippen LogP contribution in [0.25, 0.3) is 11.1 Å². The van der Waals surface area contributed by atoms with Crippen molar-refractivity contribution in [2.45, 2.75) is 31.2 Å². The largest absolute Gasteiger partial charge is 0.427 e. The summed E-state index contributed by atoms with van der Waals surface area (Å²) in [5, 5.41) is 10.4. The number of nitrogens with zero attached hydrogens (tertiary/aromatic N) is 2. The van der Waals surface area contributed by atoms with Gasteiger partial charge in [-0.15, -0.1) is 11.8 Å². The van der Waals surface area contributed by atoms with Crippen molar-refractivity contribution in [3.63, 3.8) is 0 Å². The number of rotatable bonds is 3. The van der Waals surface area contributed by atoms with Gasteiger partial charge in [0, 0.05) is 18.2 Å². The number of aryl methyl sites for hydroxylation is 1. The van der Waals surface area contributed by atoms with Crippen molar-refractivity contribution in [3.05, 3.63) is 41.1 Å². The molecule has 0 atom stereocenters. The van der Waals surface area contributed by atoms with Gasteiger partial charge in [0.1, 0.15) is 16.8 Å². The second kappa shape index (κ2) is 6.43. The van der Waals surface area contributed by atoms with E-state index in [2.05, 4.69) is 11.1 Å². The first-order valence-electron chi connectivity index (χ1n) is 7.42. The lowest BCUT2D eigenvalue weighted by molar-refractivity contribution is -0.131. The molecule has 0 unspecified atom stereocenters. The van der Waals surface area contributed by atoms with Gasteiger partial charge >= 0.3 is 5.97 Å². The summed E-state index contributed by atoms with van der Waals surface area (Å²) in [5.41, 5.74) is 4.87. The lowest BCUT2D eigenvalue weighted by Crippen LogP contribution is -2.02. The van der Waals surface area contributed by atoms with Crippen LogP contribution in [-0.2, 0) is 17.6 Å². The summed E-state index contributed by atoms with van der Waals surface area (Å²) in [6.07, 6.45) is 4.93. The maximum absolute atomic E-state index is 11.0. The maximum Gasteiger partial charge on any atom is 0.308 e. The number of pyridine rings is 1. The van der Waals surface area contributed by atoms with Crippen LogP contribution in [0.2, 0.25) is 0 Å². The minimum Gasteiger partial charge on any atom is -0.427 e. The lowest BCUT2D eigenvalue weighted by atomic mass is 9.95. The first-order chi connectivity index (χ1) is 11.1. The first-order valence-corrected chi connectivity index (χ1v) is 8.65. The maximum atomic E-state index is 11.0. The number of benzene rings is 1. The second-order valence-electron chi connectivity index (χ2n) is 5.38. The van der Waals surface area contributed by atoms with Gasteiger partial charge in [-0.05, 0) is 48.8 Å². The Labute approximate surface area is 139 Å². The van der Waals surface area contributed by atoms with Gasteiger partial charge in [-0.3, -0.25) is 4.79 Å². The van der Waals surface area contributed by atoms with Crippen molar-refractivity contribution in [2.75, 3.05) is 6.26 Å². The number of nitriles is 1. The number of aromatic nitrogens is 1. The van der Waals surface area contributed by atoms with Gasteiger partial charge in [0.2, 0.25) is 0 Å². The third-order valence-electron chi connectivity index (χ3n) is 3.90. The third kappa shape index (κ3) is 2.95. The molecule has 0 saturated heterocycles. The van der Waals surface area contributed by atoms with Gasteiger partial charge in [-0.25, -0.2) is 4.98 Å². The molecular formula is C18H16N2O2S. The first kappa shape index (κ1) is 15.6. The smallest absolute Gasteiger partial charge is 0.308 e. The molecule has 0 bridgehead atoms. The standard InChI is InChI=1S/C18H16N2O2S/c1-11(21)22-13-8-6-12(7-9-13)17-14-4-3-5-16(14)20-18(23-2)15(17)10-19/h6-9H,3-5H2,1-2H3. The van der Waals surface area contributed by atoms with Gasteiger partial charge in [-0.2, -0.15) is 5.26 Å². The number of fused-ring (bicyclic) bond motifs is 1. The average molecular weight is 324 g/mol. The molecule has 2 aromatic rings. The molecular weight excluding hydrogens is 308 g/mol. The van der Waals surface area contributed by atoms with Gasteiger partial charge in [-0.1, -0.05) is 12.1 Å². The van der Waals surface area contributed by atoms with Gasteiger partial charge < -0.3 is 4.74 Å². The van der Waals surface area contributed by atoms with E-state index in [0.29, 0.717) is 11.3 Å². The van der Waals surface area contributed by atoms with Crippen molar-refractivity contribution in [3.8, 4) is 22.9 Å². The quantitative estimate of drug-likeness (QED) is 0.489. The highest BCUT2D eigenvalue weighted by Gasteiger charge is 2.23. The Bertz CT molecular complexity index is 807. The topological polar surface area (TPSA) is 63.0 Å². The van der Waals surface area contributed by atoms with Crippen LogP contribution in [0, 0.1) is 11.3 Å². The molecule has 0 aliphatic heterocycles. The van der Waals surface area contributed by atoms with Crippen molar-refractivity contribution in [1.29, 1.82) is 5.26 Å². The van der Waals surface area contributed by atoms with Gasteiger partial charge in [0.05, 0.1) is 5.56 Å². The number of hydrogen-bond acceptors (Lipinski definition) is 5. The van der Waals surface area contributed by atoms with E-state index in [0.717, 1.165) is 41.1 Å². The van der Waals surface area contributed by atoms with Gasteiger partial charge in [0.15, 0.2) is 0 Å². The molecule has 0 saturated carbocycles. The Morgan fingerprint density at radius 2 is 2.04 bits per heavy atom. The van der Waals surface area contributed by atoms with Crippen molar-refractivity contribution in [2.24, 2.45) is 0 Å². The fourth-order valence-corrected chi connectivity index (χ4v) is 3.54. The number of esters is 1. The molecule has 4 nitrogen and oxygen atoms in total. The Morgan fingerprint density at radius 3 is 2.65 bits per heavy atom. The summed E-state index contributed by atoms with van der Waals surface area (Å²) in [4.78, 5) is 15.7. The fourth-order valence-electron chi connectivity index (χ4n) is 2.98. The number of thioether (sulfide) groups is 1. The molecule has 0 amide bonds. The van der Waals surface area contributed by atoms with Crippen LogP contribution < -0.4 is 4.74 Å². The molecule has 1 heterocycles. The fraction of sp³-hybridized carbons (Fsp3) is 0.278. The second-order valence-corrected chi connectivity index (χ2v) is 6.17. The average Bonchev–Trinajstić information content (AvgIpc) is 3.01. The normalized spacial score (nSPS) is 12.6. The number of carbonyl (C=O) groups excluding carboxylic acids is 1.